The van der Waals surface area contributed by atoms with Crippen LogP contribution >= 0.6 is 0 Å². The Bertz CT molecular complexity index is 406. The predicted molar refractivity (Wildman–Crippen MR) is 76.5 cm³/mol. The third-order valence-electron chi connectivity index (χ3n) is 2.73. The molecule has 1 unspecified atom stereocenters. The van der Waals surface area contributed by atoms with Crippen molar-refractivity contribution in [3.8, 4) is 5.75 Å². The molecule has 19 heavy (non-hydrogen) atoms. The molecular formula is C15H23NO3. The summed E-state index contributed by atoms with van der Waals surface area (Å²) in [5.41, 5.74) is 0.915. The molecule has 0 amide bonds. The quantitative estimate of drug-likeness (QED) is 0.831. The van der Waals surface area contributed by atoms with Crippen LogP contribution in [0.15, 0.2) is 24.3 Å². The number of esters is 1. The molecule has 0 radical (unpaired) electrons. The Morgan fingerprint density at radius 3 is 2.21 bits per heavy atom. The number of methoxy groups -OCH3 is 2. The number of carbonyl (C=O) groups is 1. The molecule has 1 rings (SSSR count). The molecule has 0 aliphatic carbocycles. The molecule has 0 aliphatic rings. The first-order valence-electron chi connectivity index (χ1n) is 6.34. The van der Waals surface area contributed by atoms with E-state index in [0.29, 0.717) is 6.42 Å². The van der Waals surface area contributed by atoms with E-state index in [1.165, 1.54) is 7.11 Å². The van der Waals surface area contributed by atoms with Crippen molar-refractivity contribution >= 4 is 11.7 Å². The van der Waals surface area contributed by atoms with E-state index in [1.54, 1.807) is 7.11 Å². The molecule has 4 heteroatoms. The van der Waals surface area contributed by atoms with Crippen molar-refractivity contribution in [1.29, 1.82) is 0 Å². The molecular weight excluding hydrogens is 242 g/mol. The Morgan fingerprint density at radius 1 is 1.21 bits per heavy atom. The van der Waals surface area contributed by atoms with Crippen molar-refractivity contribution < 1.29 is 14.3 Å². The van der Waals surface area contributed by atoms with Crippen LogP contribution in [-0.4, -0.2) is 26.2 Å². The van der Waals surface area contributed by atoms with Crippen LogP contribution < -0.4 is 10.1 Å². The fraction of sp³-hybridized carbons (Fsp3) is 0.533. The third kappa shape index (κ3) is 5.20. The minimum atomic E-state index is -0.349. The fourth-order valence-corrected chi connectivity index (χ4v) is 1.84. The van der Waals surface area contributed by atoms with Gasteiger partial charge in [0, 0.05) is 5.69 Å². The number of anilines is 1. The summed E-state index contributed by atoms with van der Waals surface area (Å²) in [6.45, 7) is 6.29. The van der Waals surface area contributed by atoms with Crippen molar-refractivity contribution in [2.75, 3.05) is 19.5 Å². The van der Waals surface area contributed by atoms with Gasteiger partial charge in [0.25, 0.3) is 0 Å². The Balaban J connectivity index is 2.78. The number of hydrogen-bond donors (Lipinski definition) is 1. The predicted octanol–water partition coefficient (Wildman–Crippen LogP) is 3.08. The van der Waals surface area contributed by atoms with Gasteiger partial charge in [0.15, 0.2) is 0 Å². The summed E-state index contributed by atoms with van der Waals surface area (Å²) in [5.74, 6) is 0.543. The normalized spacial score (nSPS) is 12.7. The molecule has 1 N–H and O–H groups in total. The van der Waals surface area contributed by atoms with E-state index in [4.69, 9.17) is 9.47 Å². The first-order chi connectivity index (χ1) is 8.85. The zero-order valence-electron chi connectivity index (χ0n) is 12.3. The van der Waals surface area contributed by atoms with Gasteiger partial charge in [-0.15, -0.1) is 0 Å². The van der Waals surface area contributed by atoms with Crippen LogP contribution in [0, 0.1) is 5.41 Å². The number of hydrogen-bond acceptors (Lipinski definition) is 4. The zero-order valence-corrected chi connectivity index (χ0v) is 12.3. The highest BCUT2D eigenvalue weighted by molar-refractivity contribution is 5.79. The van der Waals surface area contributed by atoms with Gasteiger partial charge in [0.1, 0.15) is 11.8 Å². The van der Waals surface area contributed by atoms with Gasteiger partial charge in [-0.1, -0.05) is 20.8 Å². The molecule has 1 aromatic rings. The van der Waals surface area contributed by atoms with E-state index >= 15 is 0 Å². The van der Waals surface area contributed by atoms with Gasteiger partial charge in [-0.05, 0) is 36.1 Å². The number of benzene rings is 1. The lowest BCUT2D eigenvalue weighted by atomic mass is 9.88. The molecule has 106 valence electrons. The molecule has 1 aromatic carbocycles. The second-order valence-electron chi connectivity index (χ2n) is 5.71. The van der Waals surface area contributed by atoms with Gasteiger partial charge in [-0.2, -0.15) is 0 Å². The fourth-order valence-electron chi connectivity index (χ4n) is 1.84. The van der Waals surface area contributed by atoms with Crippen LogP contribution in [0.25, 0.3) is 0 Å². The van der Waals surface area contributed by atoms with E-state index in [9.17, 15) is 4.79 Å². The lowest BCUT2D eigenvalue weighted by molar-refractivity contribution is -0.142. The lowest BCUT2D eigenvalue weighted by Crippen LogP contribution is -2.34. The van der Waals surface area contributed by atoms with E-state index in [-0.39, 0.29) is 17.4 Å². The van der Waals surface area contributed by atoms with E-state index < -0.39 is 0 Å². The first-order valence-corrected chi connectivity index (χ1v) is 6.34. The average molecular weight is 265 g/mol. The summed E-state index contributed by atoms with van der Waals surface area (Å²) >= 11 is 0. The van der Waals surface area contributed by atoms with Crippen LogP contribution in [0.1, 0.15) is 27.2 Å². The highest BCUT2D eigenvalue weighted by Crippen LogP contribution is 2.24. The van der Waals surface area contributed by atoms with Crippen molar-refractivity contribution in [2.45, 2.75) is 33.2 Å². The molecule has 0 aromatic heterocycles. The summed E-state index contributed by atoms with van der Waals surface area (Å²) < 4.78 is 9.95. The van der Waals surface area contributed by atoms with Crippen LogP contribution in [0.3, 0.4) is 0 Å². The molecule has 0 aliphatic heterocycles. The summed E-state index contributed by atoms with van der Waals surface area (Å²) in [7, 11) is 3.03. The SMILES string of the molecule is COC(=O)C(CC(C)(C)C)Nc1ccc(OC)cc1. The molecule has 0 fully saturated rings. The molecule has 0 saturated carbocycles. The zero-order chi connectivity index (χ0) is 14.5. The van der Waals surface area contributed by atoms with Crippen LogP contribution in [0.5, 0.6) is 5.75 Å². The van der Waals surface area contributed by atoms with E-state index in [1.807, 2.05) is 24.3 Å². The molecule has 4 nitrogen and oxygen atoms in total. The van der Waals surface area contributed by atoms with Gasteiger partial charge in [0.2, 0.25) is 0 Å². The standard InChI is InChI=1S/C15H23NO3/c1-15(2,3)10-13(14(17)19-5)16-11-6-8-12(18-4)9-7-11/h6-9,13,16H,10H2,1-5H3. The van der Waals surface area contributed by atoms with Crippen molar-refractivity contribution in [1.82, 2.24) is 0 Å². The summed E-state index contributed by atoms with van der Waals surface area (Å²) in [6.07, 6.45) is 0.700. The van der Waals surface area contributed by atoms with Gasteiger partial charge in [-0.3, -0.25) is 0 Å². The summed E-state index contributed by atoms with van der Waals surface area (Å²) in [4.78, 5) is 11.8. The molecule has 0 spiro atoms. The minimum absolute atomic E-state index is 0.0400. The van der Waals surface area contributed by atoms with E-state index in [2.05, 4.69) is 26.1 Å². The Kier molecular flexibility index (Phi) is 5.21. The number of carbonyl (C=O) groups excluding carboxylic acids is 1. The lowest BCUT2D eigenvalue weighted by Gasteiger charge is -2.25. The molecule has 1 atom stereocenters. The van der Waals surface area contributed by atoms with Crippen molar-refractivity contribution in [2.24, 2.45) is 5.41 Å². The maximum absolute atomic E-state index is 11.8. The monoisotopic (exact) mass is 265 g/mol. The number of ether oxygens (including phenoxy) is 2. The highest BCUT2D eigenvalue weighted by Gasteiger charge is 2.25. The molecule has 0 bridgehead atoms. The van der Waals surface area contributed by atoms with Crippen LogP contribution in [0.4, 0.5) is 5.69 Å². The minimum Gasteiger partial charge on any atom is -0.497 e. The molecule has 0 saturated heterocycles. The Hall–Kier alpha value is -1.71. The van der Waals surface area contributed by atoms with E-state index in [0.717, 1.165) is 11.4 Å². The number of nitrogens with one attached hydrogen (secondary N) is 1. The highest BCUT2D eigenvalue weighted by atomic mass is 16.5. The Morgan fingerprint density at radius 2 is 1.79 bits per heavy atom. The van der Waals surface area contributed by atoms with Gasteiger partial charge < -0.3 is 14.8 Å². The van der Waals surface area contributed by atoms with Crippen LogP contribution in [-0.2, 0) is 9.53 Å². The first kappa shape index (κ1) is 15.3. The summed E-state index contributed by atoms with van der Waals surface area (Å²) in [6, 6.07) is 7.13. The maximum atomic E-state index is 11.8. The Labute approximate surface area is 115 Å². The second kappa shape index (κ2) is 6.45. The van der Waals surface area contributed by atoms with Gasteiger partial charge in [0.05, 0.1) is 14.2 Å². The number of rotatable bonds is 5. The van der Waals surface area contributed by atoms with Gasteiger partial charge >= 0.3 is 5.97 Å². The average Bonchev–Trinajstić information content (AvgIpc) is 2.36. The summed E-state index contributed by atoms with van der Waals surface area (Å²) in [5, 5.41) is 3.21. The second-order valence-corrected chi connectivity index (χ2v) is 5.71. The smallest absolute Gasteiger partial charge is 0.328 e. The van der Waals surface area contributed by atoms with Crippen molar-refractivity contribution in [3.63, 3.8) is 0 Å². The maximum Gasteiger partial charge on any atom is 0.328 e. The van der Waals surface area contributed by atoms with Crippen molar-refractivity contribution in [3.05, 3.63) is 24.3 Å². The molecule has 0 heterocycles. The third-order valence-corrected chi connectivity index (χ3v) is 2.73. The largest absolute Gasteiger partial charge is 0.497 e. The van der Waals surface area contributed by atoms with Crippen LogP contribution in [0.2, 0.25) is 0 Å². The topological polar surface area (TPSA) is 47.6 Å². The van der Waals surface area contributed by atoms with Gasteiger partial charge in [-0.25, -0.2) is 4.79 Å².